The van der Waals surface area contributed by atoms with E-state index in [-0.39, 0.29) is 11.0 Å². The van der Waals surface area contributed by atoms with Gasteiger partial charge in [-0.15, -0.1) is 0 Å². The summed E-state index contributed by atoms with van der Waals surface area (Å²) >= 11 is 0. The van der Waals surface area contributed by atoms with Crippen molar-refractivity contribution in [2.45, 2.75) is 5.54 Å². The third kappa shape index (κ3) is 1.95. The van der Waals surface area contributed by atoms with E-state index in [0.29, 0.717) is 0 Å². The zero-order chi connectivity index (χ0) is 14.9. The molecular weight excluding hydrogens is 272 g/mol. The molecule has 0 spiro atoms. The minimum atomic E-state index is -1.68. The van der Waals surface area contributed by atoms with E-state index in [9.17, 15) is 29.7 Å². The molecule has 0 amide bonds. The zero-order valence-corrected chi connectivity index (χ0v) is 10.2. The molecule has 0 aliphatic carbocycles. The number of fused-ring (bicyclic) bond motifs is 1. The van der Waals surface area contributed by atoms with Crippen molar-refractivity contribution in [1.82, 2.24) is 19.5 Å². The predicted octanol–water partition coefficient (Wildman–Crippen LogP) is -3.55. The van der Waals surface area contributed by atoms with Crippen molar-refractivity contribution in [3.05, 3.63) is 37.5 Å². The number of H-pyrrole nitrogens is 2. The molecule has 0 saturated heterocycles. The second-order valence-electron chi connectivity index (χ2n) is 4.25. The van der Waals surface area contributed by atoms with Gasteiger partial charge in [0.25, 0.3) is 11.1 Å². The molecule has 0 radical (unpaired) electrons. The first-order valence-electron chi connectivity index (χ1n) is 5.56. The first-order chi connectivity index (χ1) is 9.49. The molecule has 2 aromatic rings. The first kappa shape index (κ1) is 14.1. The van der Waals surface area contributed by atoms with Crippen LogP contribution in [0.3, 0.4) is 0 Å². The second kappa shape index (κ2) is 5.00. The number of aromatic amines is 2. The lowest BCUT2D eigenvalue weighted by Crippen LogP contribution is -2.50. The molecule has 5 N–H and O–H groups in total. The highest BCUT2D eigenvalue weighted by molar-refractivity contribution is 5.70. The smallest absolute Gasteiger partial charge is 0.326 e. The molecule has 2 aromatic heterocycles. The van der Waals surface area contributed by atoms with Crippen molar-refractivity contribution >= 4 is 11.0 Å². The van der Waals surface area contributed by atoms with Gasteiger partial charge in [0, 0.05) is 0 Å². The summed E-state index contributed by atoms with van der Waals surface area (Å²) in [7, 11) is 0. The van der Waals surface area contributed by atoms with Crippen molar-refractivity contribution < 1.29 is 15.3 Å². The summed E-state index contributed by atoms with van der Waals surface area (Å²) in [6.45, 7) is -2.21. The van der Waals surface area contributed by atoms with E-state index in [2.05, 4.69) is 9.97 Å². The summed E-state index contributed by atoms with van der Waals surface area (Å²) in [6.07, 6.45) is 0.918. The van der Waals surface area contributed by atoms with Crippen LogP contribution in [0.5, 0.6) is 0 Å². The lowest BCUT2D eigenvalue weighted by atomic mass is 10.0. The number of hydrogen-bond acceptors (Lipinski definition) is 7. The van der Waals surface area contributed by atoms with Crippen LogP contribution in [-0.4, -0.2) is 54.7 Å². The van der Waals surface area contributed by atoms with Crippen LogP contribution in [0.4, 0.5) is 0 Å². The normalized spacial score (nSPS) is 11.9. The molecule has 0 bridgehead atoms. The van der Waals surface area contributed by atoms with Crippen LogP contribution in [0.25, 0.3) is 11.0 Å². The summed E-state index contributed by atoms with van der Waals surface area (Å²) in [6, 6.07) is 0. The Morgan fingerprint density at radius 1 is 1.10 bits per heavy atom. The third-order valence-corrected chi connectivity index (χ3v) is 3.05. The number of aliphatic hydroxyl groups is 3. The average Bonchev–Trinajstić information content (AvgIpc) is 2.44. The van der Waals surface area contributed by atoms with Gasteiger partial charge in [-0.25, -0.2) is 9.78 Å². The molecule has 0 aromatic carbocycles. The molecule has 0 fully saturated rings. The topological polar surface area (TPSA) is 161 Å². The van der Waals surface area contributed by atoms with Crippen molar-refractivity contribution in [1.29, 1.82) is 0 Å². The van der Waals surface area contributed by atoms with Gasteiger partial charge in [0.2, 0.25) is 0 Å². The van der Waals surface area contributed by atoms with Crippen LogP contribution in [-0.2, 0) is 5.54 Å². The predicted molar refractivity (Wildman–Crippen MR) is 66.5 cm³/mol. The molecule has 0 aliphatic rings. The third-order valence-electron chi connectivity index (χ3n) is 3.05. The molecule has 0 atom stereocenters. The largest absolute Gasteiger partial charge is 0.394 e. The fourth-order valence-corrected chi connectivity index (χ4v) is 1.76. The van der Waals surface area contributed by atoms with Gasteiger partial charge < -0.3 is 20.3 Å². The molecule has 0 aliphatic heterocycles. The van der Waals surface area contributed by atoms with Crippen LogP contribution in [0.15, 0.2) is 20.7 Å². The molecule has 10 nitrogen and oxygen atoms in total. The Hall–Kier alpha value is -2.30. The fraction of sp³-hybridized carbons (Fsp3) is 0.400. The van der Waals surface area contributed by atoms with E-state index >= 15 is 0 Å². The highest BCUT2D eigenvalue weighted by Crippen LogP contribution is 2.12. The van der Waals surface area contributed by atoms with Gasteiger partial charge in [0.05, 0.1) is 26.1 Å². The minimum absolute atomic E-state index is 0.284. The lowest BCUT2D eigenvalue weighted by molar-refractivity contribution is 0.0125. The Labute approximate surface area is 110 Å². The Morgan fingerprint density at radius 3 is 2.25 bits per heavy atom. The summed E-state index contributed by atoms with van der Waals surface area (Å²) in [4.78, 5) is 42.7. The number of nitrogens with one attached hydrogen (secondary N) is 2. The molecule has 2 rings (SSSR count). The van der Waals surface area contributed by atoms with Gasteiger partial charge in [0.1, 0.15) is 11.1 Å². The molecule has 20 heavy (non-hydrogen) atoms. The van der Waals surface area contributed by atoms with Crippen LogP contribution in [0.1, 0.15) is 0 Å². The second-order valence-corrected chi connectivity index (χ2v) is 4.25. The molecule has 2 heterocycles. The first-order valence-corrected chi connectivity index (χ1v) is 5.56. The zero-order valence-electron chi connectivity index (χ0n) is 10.2. The molecule has 108 valence electrons. The standard InChI is InChI=1S/C10H12N4O6/c15-1-10(2-16,3-17)14-4-11-5-6(8(14)19)12-9(20)13-7(5)18/h4,15-17H,1-3H2,(H2,12,13,18,20). The maximum atomic E-state index is 12.2. The summed E-state index contributed by atoms with van der Waals surface area (Å²) in [5.74, 6) is 0. The number of aliphatic hydroxyl groups excluding tert-OH is 3. The van der Waals surface area contributed by atoms with Crippen molar-refractivity contribution in [3.63, 3.8) is 0 Å². The number of hydrogen-bond donors (Lipinski definition) is 5. The maximum Gasteiger partial charge on any atom is 0.326 e. The van der Waals surface area contributed by atoms with Gasteiger partial charge in [0.15, 0.2) is 5.52 Å². The lowest BCUT2D eigenvalue weighted by Gasteiger charge is -2.29. The Morgan fingerprint density at radius 2 is 1.70 bits per heavy atom. The molecular formula is C10H12N4O6. The minimum Gasteiger partial charge on any atom is -0.394 e. The van der Waals surface area contributed by atoms with Crippen LogP contribution in [0.2, 0.25) is 0 Å². The van der Waals surface area contributed by atoms with Crippen molar-refractivity contribution in [3.8, 4) is 0 Å². The van der Waals surface area contributed by atoms with Crippen LogP contribution >= 0.6 is 0 Å². The van der Waals surface area contributed by atoms with Gasteiger partial charge in [-0.05, 0) is 0 Å². The number of nitrogens with zero attached hydrogens (tertiary/aromatic N) is 2. The van der Waals surface area contributed by atoms with Gasteiger partial charge in [-0.1, -0.05) is 0 Å². The Bertz CT molecular complexity index is 791. The van der Waals surface area contributed by atoms with Gasteiger partial charge in [-0.2, -0.15) is 0 Å². The summed E-state index contributed by atoms with van der Waals surface area (Å²) in [5.41, 5.74) is -4.93. The maximum absolute atomic E-state index is 12.2. The van der Waals surface area contributed by atoms with E-state index in [1.54, 1.807) is 0 Å². The van der Waals surface area contributed by atoms with Gasteiger partial charge in [-0.3, -0.25) is 19.1 Å². The number of rotatable bonds is 4. The van der Waals surface area contributed by atoms with Gasteiger partial charge >= 0.3 is 5.69 Å². The van der Waals surface area contributed by atoms with E-state index in [0.717, 1.165) is 10.9 Å². The molecule has 0 saturated carbocycles. The Kier molecular flexibility index (Phi) is 3.53. The van der Waals surface area contributed by atoms with Crippen molar-refractivity contribution in [2.24, 2.45) is 0 Å². The summed E-state index contributed by atoms with van der Waals surface area (Å²) < 4.78 is 0.782. The van der Waals surface area contributed by atoms with Crippen LogP contribution in [0, 0.1) is 0 Å². The highest BCUT2D eigenvalue weighted by Gasteiger charge is 2.32. The van der Waals surface area contributed by atoms with E-state index < -0.39 is 42.2 Å². The van der Waals surface area contributed by atoms with E-state index in [1.807, 2.05) is 4.98 Å². The highest BCUT2D eigenvalue weighted by atomic mass is 16.3. The summed E-state index contributed by atoms with van der Waals surface area (Å²) in [5, 5.41) is 27.9. The monoisotopic (exact) mass is 284 g/mol. The Balaban J connectivity index is 2.88. The van der Waals surface area contributed by atoms with Crippen LogP contribution < -0.4 is 16.8 Å². The van der Waals surface area contributed by atoms with E-state index in [1.165, 1.54) is 0 Å². The molecule has 10 heteroatoms. The number of aromatic nitrogens is 4. The fourth-order valence-electron chi connectivity index (χ4n) is 1.76. The quantitative estimate of drug-likeness (QED) is 0.388. The van der Waals surface area contributed by atoms with Crippen molar-refractivity contribution in [2.75, 3.05) is 19.8 Å². The SMILES string of the molecule is O=c1[nH]c(=O)c2ncn(C(CO)(CO)CO)c(=O)c2[nH]1. The van der Waals surface area contributed by atoms with E-state index in [4.69, 9.17) is 0 Å². The average molecular weight is 284 g/mol. The molecule has 0 unspecified atom stereocenters.